The molecule has 0 aliphatic carbocycles. The van der Waals surface area contributed by atoms with E-state index in [-0.39, 0.29) is 17.6 Å². The van der Waals surface area contributed by atoms with Gasteiger partial charge in [-0.25, -0.2) is 0 Å². The Bertz CT molecular complexity index is 550. The predicted molar refractivity (Wildman–Crippen MR) is 62.6 cm³/mol. The highest BCUT2D eigenvalue weighted by atomic mass is 16.6. The average molecular weight is 249 g/mol. The molecule has 94 valence electrons. The van der Waals surface area contributed by atoms with E-state index in [9.17, 15) is 10.1 Å². The molecule has 7 heteroatoms. The fraction of sp³-hybridized carbons (Fsp3) is 0.273. The van der Waals surface area contributed by atoms with E-state index in [1.807, 2.05) is 6.92 Å². The molecule has 1 atom stereocenters. The van der Waals surface area contributed by atoms with E-state index in [1.165, 1.54) is 12.1 Å². The summed E-state index contributed by atoms with van der Waals surface area (Å²) in [5.41, 5.74) is 6.51. The van der Waals surface area contributed by atoms with Crippen LogP contribution in [0.25, 0.3) is 0 Å². The molecule has 2 rings (SSSR count). The fourth-order valence-corrected chi connectivity index (χ4v) is 1.67. The van der Waals surface area contributed by atoms with Crippen LogP contribution >= 0.6 is 0 Å². The molecule has 2 aromatic rings. The highest BCUT2D eigenvalue weighted by molar-refractivity contribution is 5.32. The lowest BCUT2D eigenvalue weighted by Crippen LogP contribution is -2.40. The molecule has 1 aromatic heterocycles. The third kappa shape index (κ3) is 2.62. The van der Waals surface area contributed by atoms with Crippen molar-refractivity contribution in [1.29, 1.82) is 0 Å². The van der Waals surface area contributed by atoms with Gasteiger partial charge < -0.3 is 5.73 Å². The topological polar surface area (TPSA) is 99.1 Å². The molecular weight excluding hydrogens is 236 g/mol. The Balaban J connectivity index is 2.07. The second-order valence-electron chi connectivity index (χ2n) is 4.06. The maximum Gasteiger partial charge on any atom is 0.293 e. The highest BCUT2D eigenvalue weighted by Crippen LogP contribution is 2.15. The summed E-state index contributed by atoms with van der Waals surface area (Å²) in [6.45, 7) is 1.96. The summed E-state index contributed by atoms with van der Waals surface area (Å²) < 4.78 is 6.40. The summed E-state index contributed by atoms with van der Waals surface area (Å²) in [7, 11) is 0. The van der Waals surface area contributed by atoms with Gasteiger partial charge in [-0.2, -0.15) is 0 Å². The van der Waals surface area contributed by atoms with Crippen LogP contribution in [0.1, 0.15) is 18.5 Å². The van der Waals surface area contributed by atoms with Gasteiger partial charge in [-0.3, -0.25) is 14.6 Å². The molecule has 1 heterocycles. The molecule has 7 nitrogen and oxygen atoms in total. The quantitative estimate of drug-likeness (QED) is 0.499. The van der Waals surface area contributed by atoms with E-state index in [2.05, 4.69) is 5.27 Å². The second kappa shape index (κ2) is 4.82. The van der Waals surface area contributed by atoms with Gasteiger partial charge in [0.25, 0.3) is 17.8 Å². The zero-order chi connectivity index (χ0) is 13.1. The van der Waals surface area contributed by atoms with Gasteiger partial charge in [0.2, 0.25) is 5.27 Å². The molecule has 0 radical (unpaired) electrons. The van der Waals surface area contributed by atoms with Crippen LogP contribution in [0.15, 0.2) is 35.0 Å². The molecule has 0 aliphatic heterocycles. The number of nitrogens with zero attached hydrogens (tertiary/aromatic N) is 3. The van der Waals surface area contributed by atoms with Crippen molar-refractivity contribution in [3.8, 4) is 0 Å². The highest BCUT2D eigenvalue weighted by Gasteiger charge is 2.19. The van der Waals surface area contributed by atoms with Crippen LogP contribution in [0.4, 0.5) is 11.6 Å². The molecule has 1 unspecified atom stereocenters. The zero-order valence-electron chi connectivity index (χ0n) is 9.81. The first-order valence-electron chi connectivity index (χ1n) is 5.43. The van der Waals surface area contributed by atoms with E-state index >= 15 is 0 Å². The van der Waals surface area contributed by atoms with E-state index in [0.29, 0.717) is 6.42 Å². The molecule has 0 aliphatic rings. The van der Waals surface area contributed by atoms with Gasteiger partial charge in [-0.15, -0.1) is 0 Å². The van der Waals surface area contributed by atoms with Crippen LogP contribution in [-0.4, -0.2) is 10.2 Å². The van der Waals surface area contributed by atoms with Crippen LogP contribution in [-0.2, 0) is 6.42 Å². The summed E-state index contributed by atoms with van der Waals surface area (Å²) in [6.07, 6.45) is 2.30. The number of hydrogen-bond donors (Lipinski definition) is 1. The number of hydrogen-bond acceptors (Lipinski definition) is 5. The molecule has 18 heavy (non-hydrogen) atoms. The smallest absolute Gasteiger partial charge is 0.293 e. The lowest BCUT2D eigenvalue weighted by molar-refractivity contribution is -0.782. The Labute approximate surface area is 103 Å². The molecule has 1 aromatic carbocycles. The van der Waals surface area contributed by atoms with E-state index in [0.717, 1.165) is 5.56 Å². The first-order chi connectivity index (χ1) is 8.56. The number of nitro groups is 1. The Hall–Kier alpha value is -2.44. The Kier molecular flexibility index (Phi) is 3.22. The molecule has 0 amide bonds. The van der Waals surface area contributed by atoms with E-state index in [4.69, 9.17) is 10.3 Å². The first-order valence-corrected chi connectivity index (χ1v) is 5.43. The molecule has 0 spiro atoms. The minimum atomic E-state index is -0.416. The van der Waals surface area contributed by atoms with Crippen LogP contribution in [0.5, 0.6) is 0 Å². The van der Waals surface area contributed by atoms with Crippen molar-refractivity contribution >= 4 is 11.6 Å². The van der Waals surface area contributed by atoms with Gasteiger partial charge in [0.15, 0.2) is 6.04 Å². The molecule has 0 fully saturated rings. The van der Waals surface area contributed by atoms with Crippen molar-refractivity contribution in [1.82, 2.24) is 5.27 Å². The maximum atomic E-state index is 10.5. The van der Waals surface area contributed by atoms with Gasteiger partial charge in [0.1, 0.15) is 0 Å². The Morgan fingerprint density at radius 2 is 2.17 bits per heavy atom. The normalized spacial score (nSPS) is 12.3. The molecular formula is C11H13N4O3+. The van der Waals surface area contributed by atoms with Crippen molar-refractivity contribution in [2.45, 2.75) is 19.4 Å². The number of nitro benzene ring substituents is 1. The standard InChI is InChI=1S/C11H13N4O3/c1-8(14-7-11(12)18-13-14)6-9-2-4-10(5-3-9)15(16)17/h2-5,7-8H,6,12H2,1H3/q+1. The molecule has 0 saturated carbocycles. The third-order valence-corrected chi connectivity index (χ3v) is 2.63. The number of benzene rings is 1. The number of aromatic nitrogens is 2. The van der Waals surface area contributed by atoms with Gasteiger partial charge in [-0.1, -0.05) is 12.1 Å². The van der Waals surface area contributed by atoms with E-state index in [1.54, 1.807) is 23.0 Å². The van der Waals surface area contributed by atoms with Crippen LogP contribution < -0.4 is 10.4 Å². The van der Waals surface area contributed by atoms with Crippen LogP contribution in [0.3, 0.4) is 0 Å². The van der Waals surface area contributed by atoms with Gasteiger partial charge in [0.05, 0.1) is 4.92 Å². The minimum Gasteiger partial charge on any atom is -0.362 e. The fourth-order valence-electron chi connectivity index (χ4n) is 1.67. The summed E-state index contributed by atoms with van der Waals surface area (Å²) in [5, 5.41) is 14.3. The predicted octanol–water partition coefficient (Wildman–Crippen LogP) is 1.26. The lowest BCUT2D eigenvalue weighted by Gasteiger charge is -2.02. The summed E-state index contributed by atoms with van der Waals surface area (Å²) in [6, 6.07) is 6.51. The minimum absolute atomic E-state index is 0.0625. The SMILES string of the molecule is CC(Cc1ccc([N+](=O)[O-])cc1)[n+]1cc(N)on1. The Morgan fingerprint density at radius 3 is 2.67 bits per heavy atom. The van der Waals surface area contributed by atoms with E-state index < -0.39 is 4.92 Å². The number of nitrogens with two attached hydrogens (primary N) is 1. The Morgan fingerprint density at radius 1 is 1.50 bits per heavy atom. The van der Waals surface area contributed by atoms with Crippen LogP contribution in [0.2, 0.25) is 0 Å². The monoisotopic (exact) mass is 249 g/mol. The van der Waals surface area contributed by atoms with Gasteiger partial charge in [0, 0.05) is 25.5 Å². The van der Waals surface area contributed by atoms with Gasteiger partial charge >= 0.3 is 0 Å². The van der Waals surface area contributed by atoms with Crippen molar-refractivity contribution in [3.63, 3.8) is 0 Å². The summed E-state index contributed by atoms with van der Waals surface area (Å²) >= 11 is 0. The summed E-state index contributed by atoms with van der Waals surface area (Å²) in [4.78, 5) is 10.1. The van der Waals surface area contributed by atoms with Gasteiger partial charge in [-0.05, 0) is 10.2 Å². The number of nitrogen functional groups attached to an aromatic ring is 1. The first kappa shape index (κ1) is 12.0. The largest absolute Gasteiger partial charge is 0.362 e. The van der Waals surface area contributed by atoms with Crippen molar-refractivity contribution in [3.05, 3.63) is 46.1 Å². The molecule has 0 bridgehead atoms. The van der Waals surface area contributed by atoms with Crippen molar-refractivity contribution < 1.29 is 14.1 Å². The zero-order valence-corrected chi connectivity index (χ0v) is 9.81. The summed E-state index contributed by atoms with van der Waals surface area (Å²) in [5.74, 6) is 0.255. The van der Waals surface area contributed by atoms with Crippen LogP contribution in [0, 0.1) is 10.1 Å². The van der Waals surface area contributed by atoms with Crippen molar-refractivity contribution in [2.24, 2.45) is 0 Å². The lowest BCUT2D eigenvalue weighted by atomic mass is 10.1. The second-order valence-corrected chi connectivity index (χ2v) is 4.06. The maximum absolute atomic E-state index is 10.5. The average Bonchev–Trinajstić information content (AvgIpc) is 2.76. The third-order valence-electron chi connectivity index (χ3n) is 2.63. The number of rotatable bonds is 4. The van der Waals surface area contributed by atoms with Crippen molar-refractivity contribution in [2.75, 3.05) is 5.73 Å². The molecule has 2 N–H and O–H groups in total. The number of anilines is 1. The molecule has 0 saturated heterocycles. The number of non-ortho nitro benzene ring substituents is 1.